The van der Waals surface area contributed by atoms with Gasteiger partial charge in [0, 0.05) is 12.2 Å². The van der Waals surface area contributed by atoms with Gasteiger partial charge in [-0.15, -0.1) is 0 Å². The quantitative estimate of drug-likeness (QED) is 0.674. The minimum Gasteiger partial charge on any atom is -0.497 e. The minimum absolute atomic E-state index is 0.194. The smallest absolute Gasteiger partial charge is 0.119 e. The summed E-state index contributed by atoms with van der Waals surface area (Å²) >= 11 is 0. The first-order valence-corrected chi connectivity index (χ1v) is 8.92. The maximum atomic E-state index is 5.34. The number of fused-ring (bicyclic) bond motifs is 1. The van der Waals surface area contributed by atoms with Crippen LogP contribution in [0, 0.1) is 0 Å². The number of rotatable bonds is 4. The van der Waals surface area contributed by atoms with E-state index in [1.165, 1.54) is 22.4 Å². The van der Waals surface area contributed by atoms with Crippen LogP contribution in [0.15, 0.2) is 72.8 Å². The van der Waals surface area contributed by atoms with Crippen molar-refractivity contribution >= 4 is 5.69 Å². The van der Waals surface area contributed by atoms with Crippen LogP contribution in [0.5, 0.6) is 11.5 Å². The van der Waals surface area contributed by atoms with Gasteiger partial charge in [0.1, 0.15) is 11.5 Å². The van der Waals surface area contributed by atoms with Crippen LogP contribution in [0.1, 0.15) is 22.7 Å². The Bertz CT molecular complexity index is 871. The lowest BCUT2D eigenvalue weighted by Gasteiger charge is -2.39. The van der Waals surface area contributed by atoms with Crippen LogP contribution in [0.25, 0.3) is 0 Å². The van der Waals surface area contributed by atoms with Gasteiger partial charge in [-0.2, -0.15) is 0 Å². The second-order valence-electron chi connectivity index (χ2n) is 6.52. The molecular weight excluding hydrogens is 322 g/mol. The molecule has 0 saturated carbocycles. The average molecular weight is 345 g/mol. The summed E-state index contributed by atoms with van der Waals surface area (Å²) in [6.45, 7) is 0.986. The molecule has 0 aliphatic carbocycles. The zero-order valence-electron chi connectivity index (χ0n) is 15.2. The fraction of sp³-hybridized carbons (Fsp3) is 0.217. The van der Waals surface area contributed by atoms with Crippen LogP contribution in [0.4, 0.5) is 5.69 Å². The summed E-state index contributed by atoms with van der Waals surface area (Å²) in [7, 11) is 3.40. The molecule has 0 fully saturated rings. The van der Waals surface area contributed by atoms with E-state index in [2.05, 4.69) is 53.4 Å². The van der Waals surface area contributed by atoms with Crippen LogP contribution >= 0.6 is 0 Å². The summed E-state index contributed by atoms with van der Waals surface area (Å²) in [5.74, 6) is 1.76. The lowest BCUT2D eigenvalue weighted by Crippen LogP contribution is -2.36. The molecular formula is C23H23NO2. The fourth-order valence-corrected chi connectivity index (χ4v) is 3.76. The van der Waals surface area contributed by atoms with Gasteiger partial charge in [0.25, 0.3) is 0 Å². The molecule has 3 aromatic rings. The van der Waals surface area contributed by atoms with Crippen molar-refractivity contribution in [2.75, 3.05) is 25.7 Å². The number of hydrogen-bond acceptors (Lipinski definition) is 3. The largest absolute Gasteiger partial charge is 0.497 e. The van der Waals surface area contributed by atoms with Gasteiger partial charge in [-0.25, -0.2) is 0 Å². The molecule has 1 heterocycles. The van der Waals surface area contributed by atoms with E-state index in [4.69, 9.17) is 9.47 Å². The Labute approximate surface area is 154 Å². The Morgan fingerprint density at radius 3 is 2.04 bits per heavy atom. The molecule has 1 atom stereocenters. The Hall–Kier alpha value is -2.94. The molecule has 132 valence electrons. The van der Waals surface area contributed by atoms with Crippen LogP contribution in [0.3, 0.4) is 0 Å². The number of methoxy groups -OCH3 is 2. The molecule has 0 amide bonds. The molecule has 0 bridgehead atoms. The monoisotopic (exact) mass is 345 g/mol. The summed E-state index contributed by atoms with van der Waals surface area (Å²) in [4.78, 5) is 2.48. The van der Waals surface area contributed by atoms with Gasteiger partial charge in [0.2, 0.25) is 0 Å². The lowest BCUT2D eigenvalue weighted by molar-refractivity contribution is 0.414. The summed E-state index contributed by atoms with van der Waals surface area (Å²) in [6, 6.07) is 25.7. The summed E-state index contributed by atoms with van der Waals surface area (Å²) in [6.07, 6.45) is 1.05. The van der Waals surface area contributed by atoms with E-state index in [1.807, 2.05) is 24.3 Å². The fourth-order valence-electron chi connectivity index (χ4n) is 3.76. The van der Waals surface area contributed by atoms with E-state index in [1.54, 1.807) is 14.2 Å². The number of nitrogens with zero attached hydrogens (tertiary/aromatic N) is 1. The SMILES string of the molecule is COc1ccc(C2c3ccccc3CCN2c2ccc(OC)cc2)cc1. The summed E-state index contributed by atoms with van der Waals surface area (Å²) in [5.41, 5.74) is 5.28. The van der Waals surface area contributed by atoms with Gasteiger partial charge in [0.15, 0.2) is 0 Å². The maximum absolute atomic E-state index is 5.34. The standard InChI is InChI=1S/C23H23NO2/c1-25-20-11-7-18(8-12-20)23-22-6-4-3-5-17(22)15-16-24(23)19-9-13-21(26-2)14-10-19/h3-14,23H,15-16H2,1-2H3. The van der Waals surface area contributed by atoms with Crippen LogP contribution < -0.4 is 14.4 Å². The van der Waals surface area contributed by atoms with Crippen molar-refractivity contribution in [3.63, 3.8) is 0 Å². The van der Waals surface area contributed by atoms with Gasteiger partial charge in [-0.05, 0) is 59.5 Å². The molecule has 1 unspecified atom stereocenters. The number of anilines is 1. The highest BCUT2D eigenvalue weighted by Gasteiger charge is 2.28. The van der Waals surface area contributed by atoms with Gasteiger partial charge in [0.05, 0.1) is 20.3 Å². The number of hydrogen-bond donors (Lipinski definition) is 0. The molecule has 1 aliphatic rings. The van der Waals surface area contributed by atoms with Crippen LogP contribution in [-0.4, -0.2) is 20.8 Å². The molecule has 4 rings (SSSR count). The zero-order valence-corrected chi connectivity index (χ0v) is 15.2. The highest BCUT2D eigenvalue weighted by Crippen LogP contribution is 2.39. The molecule has 26 heavy (non-hydrogen) atoms. The Morgan fingerprint density at radius 1 is 0.769 bits per heavy atom. The molecule has 1 aliphatic heterocycles. The van der Waals surface area contributed by atoms with E-state index in [-0.39, 0.29) is 6.04 Å². The average Bonchev–Trinajstić information content (AvgIpc) is 2.73. The first kappa shape index (κ1) is 16.5. The predicted octanol–water partition coefficient (Wildman–Crippen LogP) is 4.86. The predicted molar refractivity (Wildman–Crippen MR) is 105 cm³/mol. The molecule has 3 nitrogen and oxygen atoms in total. The van der Waals surface area contributed by atoms with E-state index >= 15 is 0 Å². The van der Waals surface area contributed by atoms with Crippen molar-refractivity contribution in [2.45, 2.75) is 12.5 Å². The van der Waals surface area contributed by atoms with E-state index in [0.717, 1.165) is 24.5 Å². The third-order valence-corrected chi connectivity index (χ3v) is 5.12. The van der Waals surface area contributed by atoms with Gasteiger partial charge >= 0.3 is 0 Å². The van der Waals surface area contributed by atoms with Crippen molar-refractivity contribution in [3.05, 3.63) is 89.5 Å². The second-order valence-corrected chi connectivity index (χ2v) is 6.52. The zero-order chi connectivity index (χ0) is 17.9. The molecule has 3 aromatic carbocycles. The number of benzene rings is 3. The Balaban J connectivity index is 1.78. The molecule has 0 aromatic heterocycles. The van der Waals surface area contributed by atoms with Gasteiger partial charge < -0.3 is 14.4 Å². The molecule has 0 spiro atoms. The van der Waals surface area contributed by atoms with Crippen LogP contribution in [0.2, 0.25) is 0 Å². The molecule has 0 saturated heterocycles. The minimum atomic E-state index is 0.194. The van der Waals surface area contributed by atoms with E-state index in [9.17, 15) is 0 Å². The van der Waals surface area contributed by atoms with Gasteiger partial charge in [-0.3, -0.25) is 0 Å². The third kappa shape index (κ3) is 3.01. The lowest BCUT2D eigenvalue weighted by atomic mass is 9.87. The maximum Gasteiger partial charge on any atom is 0.119 e. The summed E-state index contributed by atoms with van der Waals surface area (Å²) in [5, 5.41) is 0. The first-order valence-electron chi connectivity index (χ1n) is 8.92. The highest BCUT2D eigenvalue weighted by molar-refractivity contribution is 5.57. The van der Waals surface area contributed by atoms with Crippen molar-refractivity contribution in [2.24, 2.45) is 0 Å². The molecule has 3 heteroatoms. The van der Waals surface area contributed by atoms with E-state index < -0.39 is 0 Å². The van der Waals surface area contributed by atoms with Crippen molar-refractivity contribution in [1.29, 1.82) is 0 Å². The topological polar surface area (TPSA) is 21.7 Å². The number of ether oxygens (including phenoxy) is 2. The first-order chi connectivity index (χ1) is 12.8. The molecule has 0 radical (unpaired) electrons. The Morgan fingerprint density at radius 2 is 1.38 bits per heavy atom. The molecule has 0 N–H and O–H groups in total. The van der Waals surface area contributed by atoms with Crippen molar-refractivity contribution in [1.82, 2.24) is 0 Å². The Kier molecular flexibility index (Phi) is 4.53. The van der Waals surface area contributed by atoms with Gasteiger partial charge in [-0.1, -0.05) is 36.4 Å². The van der Waals surface area contributed by atoms with E-state index in [0.29, 0.717) is 0 Å². The third-order valence-electron chi connectivity index (χ3n) is 5.12. The van der Waals surface area contributed by atoms with Crippen molar-refractivity contribution in [3.8, 4) is 11.5 Å². The summed E-state index contributed by atoms with van der Waals surface area (Å²) < 4.78 is 10.7. The van der Waals surface area contributed by atoms with Crippen LogP contribution in [-0.2, 0) is 6.42 Å². The normalized spacial score (nSPS) is 16.1. The van der Waals surface area contributed by atoms with Crippen molar-refractivity contribution < 1.29 is 9.47 Å². The second kappa shape index (κ2) is 7.12. The highest BCUT2D eigenvalue weighted by atomic mass is 16.5.